The maximum Gasteiger partial charge on any atom is 0.255 e. The summed E-state index contributed by atoms with van der Waals surface area (Å²) in [5.74, 6) is -0.104. The quantitative estimate of drug-likeness (QED) is 0.668. The number of ether oxygens (including phenoxy) is 1. The molecule has 0 spiro atoms. The van der Waals surface area contributed by atoms with Crippen LogP contribution in [0.4, 0.5) is 5.69 Å². The summed E-state index contributed by atoms with van der Waals surface area (Å²) in [6.45, 7) is 6.96. The van der Waals surface area contributed by atoms with Crippen LogP contribution in [0.1, 0.15) is 29.8 Å². The highest BCUT2D eigenvalue weighted by atomic mass is 32.1. The van der Waals surface area contributed by atoms with Crippen LogP contribution >= 0.6 is 11.3 Å². The lowest BCUT2D eigenvalue weighted by Gasteiger charge is -2.35. The molecule has 1 fully saturated rings. The average Bonchev–Trinajstić information content (AvgIpc) is 3.23. The molecular weight excluding hydrogens is 382 g/mol. The molecule has 0 saturated carbocycles. The van der Waals surface area contributed by atoms with Gasteiger partial charge in [-0.15, -0.1) is 11.3 Å². The van der Waals surface area contributed by atoms with Crippen LogP contribution in [0, 0.1) is 0 Å². The van der Waals surface area contributed by atoms with Gasteiger partial charge in [-0.3, -0.25) is 9.69 Å². The van der Waals surface area contributed by atoms with Gasteiger partial charge in [-0.1, -0.05) is 12.1 Å². The third-order valence-electron chi connectivity index (χ3n) is 4.94. The SMILES string of the molecule is C[C@H]1CN(Cc2ccc(C(=O)Nc3ccc(-c4nccs4)cc3)cc2)C[C@H](C)O1. The van der Waals surface area contributed by atoms with Crippen LogP contribution in [0.25, 0.3) is 10.6 Å². The van der Waals surface area contributed by atoms with Crippen LogP contribution in [0.3, 0.4) is 0 Å². The van der Waals surface area contributed by atoms with E-state index in [2.05, 4.69) is 29.0 Å². The number of hydrogen-bond donors (Lipinski definition) is 1. The molecule has 6 heteroatoms. The maximum atomic E-state index is 12.6. The minimum Gasteiger partial charge on any atom is -0.373 e. The van der Waals surface area contributed by atoms with Crippen molar-refractivity contribution in [3.8, 4) is 10.6 Å². The molecule has 2 heterocycles. The van der Waals surface area contributed by atoms with Crippen LogP contribution in [0.15, 0.2) is 60.1 Å². The highest BCUT2D eigenvalue weighted by Crippen LogP contribution is 2.23. The van der Waals surface area contributed by atoms with Crippen molar-refractivity contribution in [2.75, 3.05) is 18.4 Å². The Morgan fingerprint density at radius 3 is 2.41 bits per heavy atom. The Morgan fingerprint density at radius 2 is 1.79 bits per heavy atom. The molecule has 1 saturated heterocycles. The zero-order chi connectivity index (χ0) is 20.2. The molecule has 1 aliphatic rings. The number of amides is 1. The lowest BCUT2D eigenvalue weighted by molar-refractivity contribution is -0.0704. The van der Waals surface area contributed by atoms with Crippen molar-refractivity contribution in [1.29, 1.82) is 0 Å². The van der Waals surface area contributed by atoms with E-state index in [0.29, 0.717) is 5.56 Å². The number of nitrogens with zero attached hydrogens (tertiary/aromatic N) is 2. The van der Waals surface area contributed by atoms with E-state index in [1.807, 2.05) is 53.9 Å². The molecular formula is C23H25N3O2S. The van der Waals surface area contributed by atoms with Crippen LogP contribution in [0.5, 0.6) is 0 Å². The Bertz CT molecular complexity index is 929. The number of anilines is 1. The minimum atomic E-state index is -0.104. The molecule has 0 aliphatic carbocycles. The Kier molecular flexibility index (Phi) is 6.04. The molecule has 1 aromatic heterocycles. The van der Waals surface area contributed by atoms with E-state index in [-0.39, 0.29) is 18.1 Å². The number of rotatable bonds is 5. The smallest absolute Gasteiger partial charge is 0.255 e. The summed E-state index contributed by atoms with van der Waals surface area (Å²) in [7, 11) is 0. The molecule has 2 aromatic carbocycles. The van der Waals surface area contributed by atoms with Crippen molar-refractivity contribution < 1.29 is 9.53 Å². The number of benzene rings is 2. The first-order valence-corrected chi connectivity index (χ1v) is 10.7. The molecule has 0 unspecified atom stereocenters. The summed E-state index contributed by atoms with van der Waals surface area (Å²) in [5.41, 5.74) is 3.68. The molecule has 4 rings (SSSR count). The van der Waals surface area contributed by atoms with Gasteiger partial charge in [-0.2, -0.15) is 0 Å². The van der Waals surface area contributed by atoms with Crippen molar-refractivity contribution in [2.45, 2.75) is 32.6 Å². The number of carbonyl (C=O) groups excluding carboxylic acids is 1. The van der Waals surface area contributed by atoms with Crippen LogP contribution in [-0.2, 0) is 11.3 Å². The van der Waals surface area contributed by atoms with Crippen LogP contribution in [-0.4, -0.2) is 41.1 Å². The lowest BCUT2D eigenvalue weighted by atomic mass is 10.1. The Hall–Kier alpha value is -2.54. The van der Waals surface area contributed by atoms with Gasteiger partial charge in [-0.25, -0.2) is 4.98 Å². The number of aromatic nitrogens is 1. The van der Waals surface area contributed by atoms with Gasteiger partial charge in [0.05, 0.1) is 12.2 Å². The van der Waals surface area contributed by atoms with Gasteiger partial charge >= 0.3 is 0 Å². The number of thiazole rings is 1. The highest BCUT2D eigenvalue weighted by Gasteiger charge is 2.22. The fourth-order valence-electron chi connectivity index (χ4n) is 3.70. The predicted octanol–water partition coefficient (Wildman–Crippen LogP) is 4.67. The monoisotopic (exact) mass is 407 g/mol. The van der Waals surface area contributed by atoms with Gasteiger partial charge in [0, 0.05) is 48.0 Å². The second-order valence-electron chi connectivity index (χ2n) is 7.52. The van der Waals surface area contributed by atoms with E-state index < -0.39 is 0 Å². The summed E-state index contributed by atoms with van der Waals surface area (Å²) in [6.07, 6.45) is 2.30. The molecule has 3 aromatic rings. The molecule has 0 radical (unpaired) electrons. The fraction of sp³-hybridized carbons (Fsp3) is 0.304. The average molecular weight is 408 g/mol. The molecule has 1 N–H and O–H groups in total. The molecule has 0 bridgehead atoms. The van der Waals surface area contributed by atoms with Gasteiger partial charge in [0.2, 0.25) is 0 Å². The van der Waals surface area contributed by atoms with E-state index in [0.717, 1.165) is 35.9 Å². The highest BCUT2D eigenvalue weighted by molar-refractivity contribution is 7.13. The Labute approximate surface area is 175 Å². The zero-order valence-corrected chi connectivity index (χ0v) is 17.5. The van der Waals surface area contributed by atoms with Crippen LogP contribution in [0.2, 0.25) is 0 Å². The van der Waals surface area contributed by atoms with Crippen LogP contribution < -0.4 is 5.32 Å². The number of nitrogens with one attached hydrogen (secondary N) is 1. The Balaban J connectivity index is 1.35. The van der Waals surface area contributed by atoms with Crippen molar-refractivity contribution in [3.05, 3.63) is 71.2 Å². The summed E-state index contributed by atoms with van der Waals surface area (Å²) in [4.78, 5) is 19.3. The lowest BCUT2D eigenvalue weighted by Crippen LogP contribution is -2.44. The first kappa shape index (κ1) is 19.8. The molecule has 29 heavy (non-hydrogen) atoms. The van der Waals surface area contributed by atoms with E-state index in [1.165, 1.54) is 5.56 Å². The topological polar surface area (TPSA) is 54.5 Å². The standard InChI is InChI=1S/C23H25N3O2S/c1-16-13-26(14-17(2)28-16)15-18-3-5-19(6-4-18)22(27)25-21-9-7-20(8-10-21)23-24-11-12-29-23/h3-12,16-17H,13-15H2,1-2H3,(H,25,27)/t16-,17-/m0/s1. The van der Waals surface area contributed by atoms with E-state index in [9.17, 15) is 4.79 Å². The zero-order valence-electron chi connectivity index (χ0n) is 16.7. The number of carbonyl (C=O) groups is 1. The van der Waals surface area contributed by atoms with Gasteiger partial charge in [0.25, 0.3) is 5.91 Å². The van der Waals surface area contributed by atoms with Gasteiger partial charge in [-0.05, 0) is 55.8 Å². The first-order valence-electron chi connectivity index (χ1n) is 9.85. The molecule has 2 atom stereocenters. The maximum absolute atomic E-state index is 12.6. The summed E-state index contributed by atoms with van der Waals surface area (Å²) in [5, 5.41) is 5.89. The summed E-state index contributed by atoms with van der Waals surface area (Å²) >= 11 is 1.60. The largest absolute Gasteiger partial charge is 0.373 e. The third-order valence-corrected chi connectivity index (χ3v) is 5.76. The summed E-state index contributed by atoms with van der Waals surface area (Å²) < 4.78 is 5.79. The molecule has 1 amide bonds. The first-order chi connectivity index (χ1) is 14.1. The van der Waals surface area contributed by atoms with Gasteiger partial charge in [0.15, 0.2) is 0 Å². The molecule has 1 aliphatic heterocycles. The van der Waals surface area contributed by atoms with Crippen molar-refractivity contribution in [3.63, 3.8) is 0 Å². The second kappa shape index (κ2) is 8.86. The van der Waals surface area contributed by atoms with Crippen molar-refractivity contribution >= 4 is 22.9 Å². The van der Waals surface area contributed by atoms with E-state index in [4.69, 9.17) is 4.74 Å². The van der Waals surface area contributed by atoms with Gasteiger partial charge in [0.1, 0.15) is 5.01 Å². The predicted molar refractivity (Wildman–Crippen MR) is 117 cm³/mol. The fourth-order valence-corrected chi connectivity index (χ4v) is 4.34. The van der Waals surface area contributed by atoms with E-state index >= 15 is 0 Å². The van der Waals surface area contributed by atoms with Crippen molar-refractivity contribution in [1.82, 2.24) is 9.88 Å². The second-order valence-corrected chi connectivity index (χ2v) is 8.41. The normalized spacial score (nSPS) is 19.8. The van der Waals surface area contributed by atoms with E-state index in [1.54, 1.807) is 17.5 Å². The summed E-state index contributed by atoms with van der Waals surface area (Å²) in [6, 6.07) is 15.6. The Morgan fingerprint density at radius 1 is 1.10 bits per heavy atom. The molecule has 150 valence electrons. The van der Waals surface area contributed by atoms with Crippen molar-refractivity contribution in [2.24, 2.45) is 0 Å². The number of morpholine rings is 1. The minimum absolute atomic E-state index is 0.104. The number of hydrogen-bond acceptors (Lipinski definition) is 5. The van der Waals surface area contributed by atoms with Gasteiger partial charge < -0.3 is 10.1 Å². The third kappa shape index (κ3) is 5.09. The molecule has 5 nitrogen and oxygen atoms in total.